The van der Waals surface area contributed by atoms with Crippen molar-refractivity contribution in [3.8, 4) is 17.0 Å². The van der Waals surface area contributed by atoms with Gasteiger partial charge in [-0.3, -0.25) is 9.78 Å². The van der Waals surface area contributed by atoms with Crippen LogP contribution in [0.15, 0.2) is 36.5 Å². The molecule has 2 aromatic rings. The molecule has 0 spiro atoms. The third-order valence-corrected chi connectivity index (χ3v) is 2.56. The summed E-state index contributed by atoms with van der Waals surface area (Å²) in [5, 5.41) is 17.8. The van der Waals surface area contributed by atoms with Gasteiger partial charge in [-0.05, 0) is 12.1 Å². The molecule has 0 bridgehead atoms. The van der Waals surface area contributed by atoms with Crippen LogP contribution in [0.5, 0.6) is 5.75 Å². The Morgan fingerprint density at radius 2 is 1.85 bits per heavy atom. The molecule has 5 nitrogen and oxygen atoms in total. The summed E-state index contributed by atoms with van der Waals surface area (Å²) in [6.07, 6.45) is 1.31. The second-order valence-electron chi connectivity index (χ2n) is 3.47. The molecule has 2 rings (SSSR count). The SMILES string of the molecule is C[O-].NC(=O)c1ccc(-c2ncc(O)cc2Cl)cc1.[Na+]. The molecule has 0 atom stereocenters. The van der Waals surface area contributed by atoms with Crippen LogP contribution in [0.25, 0.3) is 11.3 Å². The Balaban J connectivity index is 0.00000115. The molecule has 0 fully saturated rings. The van der Waals surface area contributed by atoms with Crippen LogP contribution in [0, 0.1) is 0 Å². The molecule has 0 saturated carbocycles. The minimum atomic E-state index is -0.485. The molecule has 1 aromatic carbocycles. The standard InChI is InChI=1S/C12H9ClN2O2.CH3O.Na/c13-10-5-9(16)6-15-11(10)7-1-3-8(4-2-7)12(14)17;1-2;/h1-6,16H,(H2,14,17);1H3;/q;-1;+1. The van der Waals surface area contributed by atoms with E-state index in [4.69, 9.17) is 22.4 Å². The van der Waals surface area contributed by atoms with Gasteiger partial charge in [-0.2, -0.15) is 7.11 Å². The number of hydrogen-bond donors (Lipinski definition) is 2. The smallest absolute Gasteiger partial charge is 0.857 e. The molecule has 0 aliphatic carbocycles. The molecule has 1 heterocycles. The van der Waals surface area contributed by atoms with Crippen LogP contribution in [0.1, 0.15) is 10.4 Å². The number of pyridine rings is 1. The van der Waals surface area contributed by atoms with E-state index < -0.39 is 5.91 Å². The third-order valence-electron chi connectivity index (χ3n) is 2.27. The van der Waals surface area contributed by atoms with Crippen molar-refractivity contribution in [1.82, 2.24) is 4.98 Å². The molecule has 7 heteroatoms. The molecule has 0 aliphatic rings. The number of aromatic hydroxyl groups is 1. The quantitative estimate of drug-likeness (QED) is 0.639. The van der Waals surface area contributed by atoms with Gasteiger partial charge in [-0.15, -0.1) is 0 Å². The van der Waals surface area contributed by atoms with Gasteiger partial charge in [0, 0.05) is 17.2 Å². The molecule has 1 amide bonds. The summed E-state index contributed by atoms with van der Waals surface area (Å²) in [5.41, 5.74) is 6.85. The average Bonchev–Trinajstić information content (AvgIpc) is 2.41. The van der Waals surface area contributed by atoms with Crippen molar-refractivity contribution in [3.05, 3.63) is 47.1 Å². The monoisotopic (exact) mass is 302 g/mol. The zero-order chi connectivity index (χ0) is 14.4. The van der Waals surface area contributed by atoms with Gasteiger partial charge in [0.05, 0.1) is 16.9 Å². The molecule has 3 N–H and O–H groups in total. The van der Waals surface area contributed by atoms with E-state index in [1.54, 1.807) is 24.3 Å². The normalized spacial score (nSPS) is 8.95. The number of carbonyl (C=O) groups excluding carboxylic acids is 1. The van der Waals surface area contributed by atoms with E-state index >= 15 is 0 Å². The second kappa shape index (κ2) is 8.94. The molecule has 1 aromatic heterocycles. The maximum Gasteiger partial charge on any atom is 1.00 e. The molecule has 0 unspecified atom stereocenters. The fourth-order valence-corrected chi connectivity index (χ4v) is 1.70. The Bertz CT molecular complexity index is 576. The Labute approximate surface area is 143 Å². The van der Waals surface area contributed by atoms with E-state index in [9.17, 15) is 9.90 Å². The van der Waals surface area contributed by atoms with Crippen LogP contribution in [0.3, 0.4) is 0 Å². The Kier molecular flexibility index (Phi) is 8.45. The number of nitrogens with two attached hydrogens (primary N) is 1. The van der Waals surface area contributed by atoms with Gasteiger partial charge in [0.25, 0.3) is 0 Å². The number of rotatable bonds is 2. The van der Waals surface area contributed by atoms with Gasteiger partial charge in [0.2, 0.25) is 5.91 Å². The maximum atomic E-state index is 10.9. The Morgan fingerprint density at radius 1 is 1.30 bits per heavy atom. The molecule has 0 aliphatic heterocycles. The van der Waals surface area contributed by atoms with Gasteiger partial charge < -0.3 is 15.9 Å². The van der Waals surface area contributed by atoms with E-state index in [1.807, 2.05) is 0 Å². The Morgan fingerprint density at radius 3 is 2.30 bits per heavy atom. The van der Waals surface area contributed by atoms with E-state index in [-0.39, 0.29) is 35.3 Å². The average molecular weight is 303 g/mol. The number of halogens is 1. The number of hydrogen-bond acceptors (Lipinski definition) is 4. The summed E-state index contributed by atoms with van der Waals surface area (Å²) in [6, 6.07) is 8.01. The summed E-state index contributed by atoms with van der Waals surface area (Å²) in [5.74, 6) is -0.478. The van der Waals surface area contributed by atoms with Crippen LogP contribution < -0.4 is 40.4 Å². The zero-order valence-electron chi connectivity index (χ0n) is 11.1. The minimum Gasteiger partial charge on any atom is -0.857 e. The first-order valence-electron chi connectivity index (χ1n) is 5.23. The number of aromatic nitrogens is 1. The predicted molar refractivity (Wildman–Crippen MR) is 70.8 cm³/mol. The third kappa shape index (κ3) is 4.77. The van der Waals surface area contributed by atoms with Gasteiger partial charge in [-0.1, -0.05) is 23.7 Å². The van der Waals surface area contributed by atoms with Gasteiger partial charge in [0.15, 0.2) is 0 Å². The molecular formula is C13H12ClN2NaO3. The maximum absolute atomic E-state index is 10.9. The van der Waals surface area contributed by atoms with E-state index in [0.717, 1.165) is 12.7 Å². The topological polar surface area (TPSA) is 99.3 Å². The molecule has 0 radical (unpaired) electrons. The Hall–Kier alpha value is -1.11. The first kappa shape index (κ1) is 18.9. The number of nitrogens with zero attached hydrogens (tertiary/aromatic N) is 1. The largest absolute Gasteiger partial charge is 1.00 e. The number of carbonyl (C=O) groups is 1. The van der Waals surface area contributed by atoms with Gasteiger partial charge in [-0.25, -0.2) is 0 Å². The van der Waals surface area contributed by atoms with Crippen LogP contribution >= 0.6 is 11.6 Å². The summed E-state index contributed by atoms with van der Waals surface area (Å²) in [6.45, 7) is 0. The number of amides is 1. The predicted octanol–water partition coefficient (Wildman–Crippen LogP) is -1.81. The van der Waals surface area contributed by atoms with Crippen molar-refractivity contribution in [2.75, 3.05) is 7.11 Å². The van der Waals surface area contributed by atoms with Crippen molar-refractivity contribution in [1.29, 1.82) is 0 Å². The number of benzene rings is 1. The van der Waals surface area contributed by atoms with Crippen LogP contribution in [-0.4, -0.2) is 23.1 Å². The fourth-order valence-electron chi connectivity index (χ4n) is 1.43. The van der Waals surface area contributed by atoms with Crippen LogP contribution in [-0.2, 0) is 0 Å². The number of primary amides is 1. The van der Waals surface area contributed by atoms with Crippen molar-refractivity contribution in [3.63, 3.8) is 0 Å². The minimum absolute atomic E-state index is 0. The van der Waals surface area contributed by atoms with E-state index in [2.05, 4.69) is 4.98 Å². The van der Waals surface area contributed by atoms with E-state index in [0.29, 0.717) is 16.3 Å². The van der Waals surface area contributed by atoms with Gasteiger partial charge in [0.1, 0.15) is 5.75 Å². The van der Waals surface area contributed by atoms with Crippen LogP contribution in [0.4, 0.5) is 0 Å². The molecule has 100 valence electrons. The van der Waals surface area contributed by atoms with E-state index in [1.165, 1.54) is 12.3 Å². The molecular weight excluding hydrogens is 291 g/mol. The van der Waals surface area contributed by atoms with Gasteiger partial charge >= 0.3 is 29.6 Å². The first-order chi connectivity index (χ1) is 9.08. The fraction of sp³-hybridized carbons (Fsp3) is 0.0769. The van der Waals surface area contributed by atoms with Crippen molar-refractivity contribution < 1.29 is 44.6 Å². The van der Waals surface area contributed by atoms with Crippen molar-refractivity contribution in [2.45, 2.75) is 0 Å². The zero-order valence-corrected chi connectivity index (χ0v) is 13.9. The van der Waals surface area contributed by atoms with Crippen LogP contribution in [0.2, 0.25) is 5.02 Å². The molecule has 20 heavy (non-hydrogen) atoms. The first-order valence-corrected chi connectivity index (χ1v) is 5.61. The summed E-state index contributed by atoms with van der Waals surface area (Å²) >= 11 is 5.95. The summed E-state index contributed by atoms with van der Waals surface area (Å²) in [4.78, 5) is 14.9. The summed E-state index contributed by atoms with van der Waals surface area (Å²) in [7, 11) is 0.750. The van der Waals surface area contributed by atoms with Crippen molar-refractivity contribution >= 4 is 17.5 Å². The second-order valence-corrected chi connectivity index (χ2v) is 3.87. The van der Waals surface area contributed by atoms with Crippen molar-refractivity contribution in [2.24, 2.45) is 5.73 Å². The molecule has 0 saturated heterocycles. The summed E-state index contributed by atoms with van der Waals surface area (Å²) < 4.78 is 0.